The molecule has 1 aromatic rings. The summed E-state index contributed by atoms with van der Waals surface area (Å²) in [6.07, 6.45) is 6.66. The molecule has 3 N–H and O–H groups in total. The minimum atomic E-state index is -1.04. The summed E-state index contributed by atoms with van der Waals surface area (Å²) < 4.78 is 12.3. The van der Waals surface area contributed by atoms with Gasteiger partial charge in [0.05, 0.1) is 24.0 Å². The van der Waals surface area contributed by atoms with E-state index in [-0.39, 0.29) is 30.2 Å². The molecule has 3 aliphatic heterocycles. The number of anilines is 1. The number of amides is 3. The van der Waals surface area contributed by atoms with Gasteiger partial charge in [0, 0.05) is 25.4 Å². The number of fused-ring (bicyclic) bond motifs is 1. The predicted octanol–water partition coefficient (Wildman–Crippen LogP) is 3.89. The second-order valence-corrected chi connectivity index (χ2v) is 11.8. The van der Waals surface area contributed by atoms with Crippen LogP contribution in [0.4, 0.5) is 5.69 Å². The molecule has 9 heteroatoms. The van der Waals surface area contributed by atoms with Gasteiger partial charge in [0.2, 0.25) is 17.7 Å². The number of carbonyl (C=O) groups excluding carboxylic acids is 3. The topological polar surface area (TPSA) is 117 Å². The molecular weight excluding hydrogens is 510 g/mol. The summed E-state index contributed by atoms with van der Waals surface area (Å²) in [5.74, 6) is -1.34. The summed E-state index contributed by atoms with van der Waals surface area (Å²) in [4.78, 5) is 43.5. The number of aliphatic hydroxyl groups is 1. The molecule has 3 amide bonds. The number of carbonyl (C=O) groups is 3. The van der Waals surface area contributed by atoms with E-state index in [0.717, 1.165) is 44.3 Å². The van der Waals surface area contributed by atoms with Crippen molar-refractivity contribution in [2.75, 3.05) is 31.6 Å². The van der Waals surface area contributed by atoms with Crippen molar-refractivity contribution >= 4 is 23.4 Å². The quantitative estimate of drug-likeness (QED) is 0.282. The van der Waals surface area contributed by atoms with Crippen LogP contribution < -0.4 is 15.4 Å². The third-order valence-electron chi connectivity index (χ3n) is 9.16. The third-order valence-corrected chi connectivity index (χ3v) is 9.16. The fourth-order valence-electron chi connectivity index (χ4n) is 7.13. The molecule has 9 nitrogen and oxygen atoms in total. The number of unbranched alkanes of at least 4 members (excludes halogenated alkanes) is 5. The number of nitrogens with zero attached hydrogens (tertiary/aromatic N) is 1. The van der Waals surface area contributed by atoms with Crippen molar-refractivity contribution in [2.45, 2.75) is 96.3 Å². The zero-order valence-corrected chi connectivity index (χ0v) is 24.5. The monoisotopic (exact) mass is 557 g/mol. The van der Waals surface area contributed by atoms with Crippen molar-refractivity contribution in [3.05, 3.63) is 24.3 Å². The van der Waals surface area contributed by atoms with Crippen LogP contribution in [-0.2, 0) is 19.1 Å². The highest BCUT2D eigenvalue weighted by atomic mass is 16.5. The fourth-order valence-corrected chi connectivity index (χ4v) is 7.13. The maximum absolute atomic E-state index is 14.1. The Bertz CT molecular complexity index is 1050. The Morgan fingerprint density at radius 2 is 1.80 bits per heavy atom. The first-order chi connectivity index (χ1) is 19.2. The third kappa shape index (κ3) is 5.59. The van der Waals surface area contributed by atoms with Gasteiger partial charge in [-0.1, -0.05) is 39.5 Å². The number of likely N-dealkylation sites (tertiary alicyclic amines) is 1. The molecule has 1 spiro atoms. The Labute approximate surface area is 238 Å². The molecule has 1 aromatic carbocycles. The number of nitrogens with one attached hydrogen (secondary N) is 2. The summed E-state index contributed by atoms with van der Waals surface area (Å²) in [6.45, 7) is 9.69. The molecule has 0 aliphatic carbocycles. The van der Waals surface area contributed by atoms with Gasteiger partial charge < -0.3 is 30.1 Å². The summed E-state index contributed by atoms with van der Waals surface area (Å²) in [7, 11) is 0. The van der Waals surface area contributed by atoms with E-state index in [1.54, 1.807) is 29.2 Å². The SMILES string of the molecule is CCCCCNC(=O)C1N(CCCCCCO)C(=O)[C@@H]2[C@H](C(=O)Nc3ccc(OCC)cc3)[C@@]3(C)OC12CC3C. The first-order valence-electron chi connectivity index (χ1n) is 15.2. The summed E-state index contributed by atoms with van der Waals surface area (Å²) in [5.41, 5.74) is -1.27. The highest BCUT2D eigenvalue weighted by Crippen LogP contribution is 2.65. The van der Waals surface area contributed by atoms with E-state index < -0.39 is 29.1 Å². The number of hydrogen-bond acceptors (Lipinski definition) is 6. The van der Waals surface area contributed by atoms with Crippen LogP contribution in [0, 0.1) is 17.8 Å². The number of hydrogen-bond donors (Lipinski definition) is 3. The highest BCUT2D eigenvalue weighted by Gasteiger charge is 2.79. The van der Waals surface area contributed by atoms with E-state index in [1.165, 1.54) is 0 Å². The van der Waals surface area contributed by atoms with Gasteiger partial charge in [-0.2, -0.15) is 0 Å². The van der Waals surface area contributed by atoms with Crippen LogP contribution in [0.15, 0.2) is 24.3 Å². The molecule has 3 unspecified atom stereocenters. The van der Waals surface area contributed by atoms with Gasteiger partial charge >= 0.3 is 0 Å². The van der Waals surface area contributed by atoms with Crippen molar-refractivity contribution in [2.24, 2.45) is 17.8 Å². The van der Waals surface area contributed by atoms with Gasteiger partial charge in [-0.05, 0) is 69.7 Å². The molecule has 3 heterocycles. The Balaban J connectivity index is 1.60. The molecule has 40 heavy (non-hydrogen) atoms. The van der Waals surface area contributed by atoms with Crippen molar-refractivity contribution in [1.82, 2.24) is 10.2 Å². The normalized spacial score (nSPS) is 30.4. The molecule has 222 valence electrons. The van der Waals surface area contributed by atoms with Gasteiger partial charge in [-0.25, -0.2) is 0 Å². The van der Waals surface area contributed by atoms with Crippen molar-refractivity contribution in [3.63, 3.8) is 0 Å². The summed E-state index contributed by atoms with van der Waals surface area (Å²) in [5, 5.41) is 15.2. The van der Waals surface area contributed by atoms with E-state index >= 15 is 0 Å². The average Bonchev–Trinajstić information content (AvgIpc) is 3.44. The lowest BCUT2D eigenvalue weighted by Gasteiger charge is -2.36. The number of aliphatic hydroxyl groups excluding tert-OH is 1. The highest BCUT2D eigenvalue weighted by molar-refractivity contribution is 6.02. The van der Waals surface area contributed by atoms with Crippen LogP contribution in [0.25, 0.3) is 0 Å². The smallest absolute Gasteiger partial charge is 0.245 e. The first-order valence-corrected chi connectivity index (χ1v) is 15.2. The van der Waals surface area contributed by atoms with Gasteiger partial charge in [0.25, 0.3) is 0 Å². The first kappa shape index (κ1) is 30.3. The molecule has 0 aromatic heterocycles. The second-order valence-electron chi connectivity index (χ2n) is 11.8. The van der Waals surface area contributed by atoms with Crippen LogP contribution in [-0.4, -0.2) is 71.3 Å². The molecule has 3 aliphatic rings. The Kier molecular flexibility index (Phi) is 9.77. The van der Waals surface area contributed by atoms with Crippen molar-refractivity contribution in [3.8, 4) is 5.75 Å². The number of benzene rings is 1. The molecule has 2 bridgehead atoms. The Morgan fingerprint density at radius 3 is 2.48 bits per heavy atom. The van der Waals surface area contributed by atoms with E-state index in [2.05, 4.69) is 24.5 Å². The van der Waals surface area contributed by atoms with Gasteiger partial charge in [0.1, 0.15) is 17.4 Å². The van der Waals surface area contributed by atoms with Crippen LogP contribution in [0.2, 0.25) is 0 Å². The zero-order chi connectivity index (χ0) is 28.9. The van der Waals surface area contributed by atoms with E-state index in [9.17, 15) is 14.4 Å². The largest absolute Gasteiger partial charge is 0.494 e. The zero-order valence-electron chi connectivity index (χ0n) is 24.5. The fraction of sp³-hybridized carbons (Fsp3) is 0.710. The molecular formula is C31H47N3O6. The van der Waals surface area contributed by atoms with Gasteiger partial charge in [-0.3, -0.25) is 14.4 Å². The average molecular weight is 558 g/mol. The lowest BCUT2D eigenvalue weighted by molar-refractivity contribution is -0.146. The van der Waals surface area contributed by atoms with Crippen LogP contribution in [0.5, 0.6) is 5.75 Å². The second kappa shape index (κ2) is 12.9. The minimum absolute atomic E-state index is 0.00692. The standard InChI is InChI=1S/C31H47N3O6/c1-5-7-10-17-32-28(37)26-31-20-21(3)30(4,40-31)24(25(31)29(38)34(26)18-11-8-9-12-19-35)27(36)33-22-13-15-23(16-14-22)39-6-2/h13-16,21,24-26,35H,5-12,17-20H2,1-4H3,(H,32,37)(H,33,36)/t21?,24-,25+,26?,30+,31?/m1/s1. The maximum atomic E-state index is 14.1. The number of rotatable bonds is 15. The van der Waals surface area contributed by atoms with E-state index in [0.29, 0.717) is 38.2 Å². The Hall–Kier alpha value is -2.65. The number of ether oxygens (including phenoxy) is 2. The lowest BCUT2D eigenvalue weighted by atomic mass is 9.62. The molecule has 3 fully saturated rings. The molecule has 3 saturated heterocycles. The molecule has 0 radical (unpaired) electrons. The van der Waals surface area contributed by atoms with Gasteiger partial charge in [0.15, 0.2) is 0 Å². The maximum Gasteiger partial charge on any atom is 0.245 e. The van der Waals surface area contributed by atoms with Crippen molar-refractivity contribution in [1.29, 1.82) is 0 Å². The van der Waals surface area contributed by atoms with Crippen molar-refractivity contribution < 1.29 is 29.0 Å². The van der Waals surface area contributed by atoms with E-state index in [1.807, 2.05) is 13.8 Å². The van der Waals surface area contributed by atoms with Crippen LogP contribution >= 0.6 is 0 Å². The van der Waals surface area contributed by atoms with E-state index in [4.69, 9.17) is 14.6 Å². The minimum Gasteiger partial charge on any atom is -0.494 e. The molecule has 0 saturated carbocycles. The van der Waals surface area contributed by atoms with Crippen LogP contribution in [0.1, 0.15) is 79.1 Å². The summed E-state index contributed by atoms with van der Waals surface area (Å²) >= 11 is 0. The summed E-state index contributed by atoms with van der Waals surface area (Å²) in [6, 6.07) is 6.43. The predicted molar refractivity (Wildman–Crippen MR) is 153 cm³/mol. The lowest BCUT2D eigenvalue weighted by Crippen LogP contribution is -2.55. The molecule has 6 atom stereocenters. The van der Waals surface area contributed by atoms with Crippen LogP contribution in [0.3, 0.4) is 0 Å². The molecule has 4 rings (SSSR count). The van der Waals surface area contributed by atoms with Gasteiger partial charge in [-0.15, -0.1) is 0 Å². The Morgan fingerprint density at radius 1 is 1.07 bits per heavy atom.